The fourth-order valence-corrected chi connectivity index (χ4v) is 3.45. The number of hydrogen-bond acceptors (Lipinski definition) is 3. The Morgan fingerprint density at radius 1 is 1.33 bits per heavy atom. The van der Waals surface area contributed by atoms with Crippen LogP contribution in [0.3, 0.4) is 0 Å². The fourth-order valence-electron chi connectivity index (χ4n) is 2.19. The molecule has 0 aliphatic carbocycles. The van der Waals surface area contributed by atoms with Gasteiger partial charge < -0.3 is 4.90 Å². The standard InChI is InChI=1S/C14H20N2S2/c1-3-9-15-10-16(14(17)18-11-15)12(2)13-7-5-4-6-8-13/h4-8,12H,3,9-11H2,1-2H3. The lowest BCUT2D eigenvalue weighted by Gasteiger charge is -2.40. The van der Waals surface area contributed by atoms with Crippen LogP contribution < -0.4 is 0 Å². The first-order chi connectivity index (χ1) is 8.72. The first-order valence-corrected chi connectivity index (χ1v) is 7.82. The summed E-state index contributed by atoms with van der Waals surface area (Å²) >= 11 is 7.28. The van der Waals surface area contributed by atoms with Crippen LogP contribution in [0.1, 0.15) is 31.9 Å². The highest BCUT2D eigenvalue weighted by atomic mass is 32.2. The molecule has 98 valence electrons. The van der Waals surface area contributed by atoms with E-state index in [4.69, 9.17) is 12.2 Å². The van der Waals surface area contributed by atoms with Gasteiger partial charge in [-0.05, 0) is 18.9 Å². The van der Waals surface area contributed by atoms with E-state index >= 15 is 0 Å². The van der Waals surface area contributed by atoms with E-state index in [9.17, 15) is 0 Å². The Balaban J connectivity index is 2.08. The minimum absolute atomic E-state index is 0.353. The van der Waals surface area contributed by atoms with E-state index in [1.165, 1.54) is 12.0 Å². The van der Waals surface area contributed by atoms with Crippen molar-refractivity contribution in [3.8, 4) is 0 Å². The van der Waals surface area contributed by atoms with Crippen LogP contribution in [0.2, 0.25) is 0 Å². The number of nitrogens with zero attached hydrogens (tertiary/aromatic N) is 2. The summed E-state index contributed by atoms with van der Waals surface area (Å²) in [4.78, 5) is 4.79. The quantitative estimate of drug-likeness (QED) is 0.775. The normalized spacial score (nSPS) is 19.0. The number of benzene rings is 1. The zero-order chi connectivity index (χ0) is 13.0. The van der Waals surface area contributed by atoms with Crippen molar-refractivity contribution in [3.05, 3.63) is 35.9 Å². The third kappa shape index (κ3) is 3.25. The van der Waals surface area contributed by atoms with Gasteiger partial charge in [0.15, 0.2) is 0 Å². The number of hydrogen-bond donors (Lipinski definition) is 0. The van der Waals surface area contributed by atoms with Gasteiger partial charge in [0.2, 0.25) is 0 Å². The summed E-state index contributed by atoms with van der Waals surface area (Å²) in [5.41, 5.74) is 1.33. The van der Waals surface area contributed by atoms with E-state index in [1.807, 2.05) is 0 Å². The van der Waals surface area contributed by atoms with Gasteiger partial charge in [-0.1, -0.05) is 61.2 Å². The van der Waals surface area contributed by atoms with Gasteiger partial charge in [0.05, 0.1) is 18.6 Å². The van der Waals surface area contributed by atoms with E-state index in [-0.39, 0.29) is 0 Å². The third-order valence-electron chi connectivity index (χ3n) is 3.25. The van der Waals surface area contributed by atoms with E-state index in [0.29, 0.717) is 6.04 Å². The average Bonchev–Trinajstić information content (AvgIpc) is 2.41. The van der Waals surface area contributed by atoms with E-state index in [0.717, 1.165) is 23.4 Å². The molecule has 1 fully saturated rings. The van der Waals surface area contributed by atoms with Crippen molar-refractivity contribution >= 4 is 28.3 Å². The van der Waals surface area contributed by atoms with Crippen LogP contribution in [-0.4, -0.2) is 33.2 Å². The molecule has 1 saturated heterocycles. The molecule has 4 heteroatoms. The van der Waals surface area contributed by atoms with Gasteiger partial charge >= 0.3 is 0 Å². The van der Waals surface area contributed by atoms with Crippen LogP contribution in [-0.2, 0) is 0 Å². The van der Waals surface area contributed by atoms with E-state index < -0.39 is 0 Å². The van der Waals surface area contributed by atoms with Crippen molar-refractivity contribution in [1.29, 1.82) is 0 Å². The van der Waals surface area contributed by atoms with Gasteiger partial charge in [0.1, 0.15) is 4.32 Å². The Morgan fingerprint density at radius 3 is 2.72 bits per heavy atom. The first kappa shape index (κ1) is 13.8. The summed E-state index contributed by atoms with van der Waals surface area (Å²) in [6, 6.07) is 11.0. The summed E-state index contributed by atoms with van der Waals surface area (Å²) in [6.07, 6.45) is 1.20. The number of rotatable bonds is 4. The highest BCUT2D eigenvalue weighted by Gasteiger charge is 2.25. The van der Waals surface area contributed by atoms with Crippen molar-refractivity contribution in [2.45, 2.75) is 26.3 Å². The second-order valence-corrected chi connectivity index (χ2v) is 6.21. The SMILES string of the molecule is CCCN1CSC(=S)N(C(C)c2ccccc2)C1. The zero-order valence-corrected chi connectivity index (χ0v) is 12.6. The molecule has 0 spiro atoms. The predicted molar refractivity (Wildman–Crippen MR) is 83.6 cm³/mol. The van der Waals surface area contributed by atoms with Gasteiger partial charge in [-0.2, -0.15) is 0 Å². The highest BCUT2D eigenvalue weighted by molar-refractivity contribution is 8.22. The summed E-state index contributed by atoms with van der Waals surface area (Å²) in [6.45, 7) is 6.56. The topological polar surface area (TPSA) is 6.48 Å². The molecule has 0 N–H and O–H groups in total. The Hall–Kier alpha value is -0.580. The van der Waals surface area contributed by atoms with Crippen molar-refractivity contribution in [2.24, 2.45) is 0 Å². The molecule has 0 saturated carbocycles. The van der Waals surface area contributed by atoms with Crippen molar-refractivity contribution in [1.82, 2.24) is 9.80 Å². The van der Waals surface area contributed by atoms with Gasteiger partial charge in [0.25, 0.3) is 0 Å². The lowest BCUT2D eigenvalue weighted by molar-refractivity contribution is 0.182. The smallest absolute Gasteiger partial charge is 0.139 e. The molecule has 1 aliphatic rings. The summed E-state index contributed by atoms with van der Waals surface area (Å²) in [7, 11) is 0. The van der Waals surface area contributed by atoms with E-state index in [1.54, 1.807) is 11.8 Å². The Kier molecular flexibility index (Phi) is 5.03. The molecule has 1 aromatic carbocycles. The van der Waals surface area contributed by atoms with Crippen LogP contribution in [0.5, 0.6) is 0 Å². The van der Waals surface area contributed by atoms with Gasteiger partial charge in [-0.15, -0.1) is 0 Å². The molecule has 2 rings (SSSR count). The Bertz CT molecular complexity index is 394. The molecule has 0 radical (unpaired) electrons. The molecule has 0 amide bonds. The molecule has 1 aliphatic heterocycles. The van der Waals surface area contributed by atoms with E-state index in [2.05, 4.69) is 54.0 Å². The molecule has 0 aromatic heterocycles. The highest BCUT2D eigenvalue weighted by Crippen LogP contribution is 2.28. The molecule has 2 nitrogen and oxygen atoms in total. The fraction of sp³-hybridized carbons (Fsp3) is 0.500. The van der Waals surface area contributed by atoms with Crippen LogP contribution in [0, 0.1) is 0 Å². The Morgan fingerprint density at radius 2 is 2.06 bits per heavy atom. The number of thioether (sulfide) groups is 1. The molecule has 0 bridgehead atoms. The molecule has 1 heterocycles. The second kappa shape index (κ2) is 6.55. The van der Waals surface area contributed by atoms with Crippen LogP contribution >= 0.6 is 24.0 Å². The maximum absolute atomic E-state index is 5.50. The minimum atomic E-state index is 0.353. The van der Waals surface area contributed by atoms with Crippen molar-refractivity contribution in [3.63, 3.8) is 0 Å². The summed E-state index contributed by atoms with van der Waals surface area (Å²) in [5, 5.41) is 0. The maximum atomic E-state index is 5.50. The van der Waals surface area contributed by atoms with Crippen LogP contribution in [0.15, 0.2) is 30.3 Å². The zero-order valence-electron chi connectivity index (χ0n) is 11.0. The largest absolute Gasteiger partial charge is 0.338 e. The molecule has 1 aromatic rings. The van der Waals surface area contributed by atoms with Crippen molar-refractivity contribution < 1.29 is 0 Å². The molecule has 1 unspecified atom stereocenters. The third-order valence-corrected chi connectivity index (χ3v) is 4.81. The van der Waals surface area contributed by atoms with Gasteiger partial charge in [-0.25, -0.2) is 0 Å². The van der Waals surface area contributed by atoms with Crippen LogP contribution in [0.25, 0.3) is 0 Å². The molecule has 18 heavy (non-hydrogen) atoms. The lowest BCUT2D eigenvalue weighted by atomic mass is 10.1. The molecular weight excluding hydrogens is 260 g/mol. The Labute approximate surface area is 119 Å². The van der Waals surface area contributed by atoms with Crippen molar-refractivity contribution in [2.75, 3.05) is 19.1 Å². The maximum Gasteiger partial charge on any atom is 0.139 e. The molecule has 1 atom stereocenters. The predicted octanol–water partition coefficient (Wildman–Crippen LogP) is 3.71. The summed E-state index contributed by atoms with van der Waals surface area (Å²) in [5.74, 6) is 1.03. The van der Waals surface area contributed by atoms with Crippen LogP contribution in [0.4, 0.5) is 0 Å². The van der Waals surface area contributed by atoms with Gasteiger partial charge in [-0.3, -0.25) is 4.90 Å². The monoisotopic (exact) mass is 280 g/mol. The minimum Gasteiger partial charge on any atom is -0.338 e. The molecular formula is C14H20N2S2. The van der Waals surface area contributed by atoms with Gasteiger partial charge in [0, 0.05) is 6.54 Å². The second-order valence-electron chi connectivity index (χ2n) is 4.63. The lowest BCUT2D eigenvalue weighted by Crippen LogP contribution is -2.45. The first-order valence-electron chi connectivity index (χ1n) is 6.43. The number of thiocarbonyl (C=S) groups is 1. The summed E-state index contributed by atoms with van der Waals surface area (Å²) < 4.78 is 1.03. The average molecular weight is 280 g/mol.